The van der Waals surface area contributed by atoms with Crippen LogP contribution in [0.15, 0.2) is 18.2 Å². The molecule has 0 aliphatic carbocycles. The van der Waals surface area contributed by atoms with Crippen LogP contribution in [0.25, 0.3) is 10.2 Å². The van der Waals surface area contributed by atoms with E-state index in [2.05, 4.69) is 4.90 Å². The molecule has 0 spiro atoms. The molecule has 1 aliphatic heterocycles. The molecule has 2 aromatic rings. The van der Waals surface area contributed by atoms with Gasteiger partial charge in [0.05, 0.1) is 10.2 Å². The molecule has 1 aromatic carbocycles. The Morgan fingerprint density at radius 3 is 3.16 bits per heavy atom. The van der Waals surface area contributed by atoms with Crippen molar-refractivity contribution in [1.29, 1.82) is 0 Å². The second-order valence-corrected chi connectivity index (χ2v) is 6.09. The van der Waals surface area contributed by atoms with Gasteiger partial charge in [-0.3, -0.25) is 0 Å². The van der Waals surface area contributed by atoms with Gasteiger partial charge >= 0.3 is 0 Å². The fraction of sp³-hybridized carbons (Fsp3) is 0.500. The molecule has 4 nitrogen and oxygen atoms in total. The zero-order chi connectivity index (χ0) is 13.2. The van der Waals surface area contributed by atoms with E-state index in [1.807, 2.05) is 18.2 Å². The van der Waals surface area contributed by atoms with Gasteiger partial charge < -0.3 is 15.7 Å². The van der Waals surface area contributed by atoms with Crippen LogP contribution in [0.5, 0.6) is 0 Å². The summed E-state index contributed by atoms with van der Waals surface area (Å²) in [6.45, 7) is 1.29. The lowest BCUT2D eigenvalue weighted by Gasteiger charge is -2.35. The van der Waals surface area contributed by atoms with E-state index in [-0.39, 0.29) is 6.61 Å². The molecule has 1 aromatic heterocycles. The zero-order valence-electron chi connectivity index (χ0n) is 10.9. The highest BCUT2D eigenvalue weighted by molar-refractivity contribution is 7.22. The second kappa shape index (κ2) is 5.35. The van der Waals surface area contributed by atoms with E-state index < -0.39 is 0 Å². The summed E-state index contributed by atoms with van der Waals surface area (Å²) in [5.74, 6) is 0. The molecule has 5 heteroatoms. The lowest BCUT2D eigenvalue weighted by molar-refractivity contribution is 0.262. The molecule has 1 unspecified atom stereocenters. The quantitative estimate of drug-likeness (QED) is 0.847. The van der Waals surface area contributed by atoms with Gasteiger partial charge in [-0.25, -0.2) is 4.98 Å². The SMILES string of the molecule is Nc1ccc2nc(N3CCCCC3CCO)sc2c1. The van der Waals surface area contributed by atoms with E-state index in [1.54, 1.807) is 11.3 Å². The smallest absolute Gasteiger partial charge is 0.186 e. The van der Waals surface area contributed by atoms with Gasteiger partial charge in [0.1, 0.15) is 0 Å². The number of hydrogen-bond donors (Lipinski definition) is 2. The van der Waals surface area contributed by atoms with E-state index in [0.717, 1.165) is 40.4 Å². The highest BCUT2D eigenvalue weighted by Gasteiger charge is 2.24. The Balaban J connectivity index is 1.92. The van der Waals surface area contributed by atoms with Crippen LogP contribution in [0.3, 0.4) is 0 Å². The maximum Gasteiger partial charge on any atom is 0.186 e. The Morgan fingerprint density at radius 1 is 1.42 bits per heavy atom. The third-order valence-electron chi connectivity index (χ3n) is 3.74. The average Bonchev–Trinajstić information content (AvgIpc) is 2.82. The van der Waals surface area contributed by atoms with E-state index in [9.17, 15) is 5.11 Å². The molecule has 19 heavy (non-hydrogen) atoms. The average molecular weight is 277 g/mol. The van der Waals surface area contributed by atoms with E-state index in [4.69, 9.17) is 10.7 Å². The summed E-state index contributed by atoms with van der Waals surface area (Å²) in [4.78, 5) is 7.08. The van der Waals surface area contributed by atoms with Crippen LogP contribution in [-0.2, 0) is 0 Å². The molecule has 2 heterocycles. The number of anilines is 2. The number of piperidine rings is 1. The summed E-state index contributed by atoms with van der Waals surface area (Å²) in [6, 6.07) is 6.29. The fourth-order valence-corrected chi connectivity index (χ4v) is 3.87. The van der Waals surface area contributed by atoms with Crippen molar-refractivity contribution in [2.45, 2.75) is 31.7 Å². The Morgan fingerprint density at radius 2 is 2.32 bits per heavy atom. The van der Waals surface area contributed by atoms with Crippen LogP contribution >= 0.6 is 11.3 Å². The number of aliphatic hydroxyl groups is 1. The Labute approximate surface area is 116 Å². The van der Waals surface area contributed by atoms with Gasteiger partial charge in [-0.15, -0.1) is 0 Å². The number of thiazole rings is 1. The summed E-state index contributed by atoms with van der Waals surface area (Å²) in [5, 5.41) is 10.3. The lowest BCUT2D eigenvalue weighted by Crippen LogP contribution is -2.40. The second-order valence-electron chi connectivity index (χ2n) is 5.08. The Bertz CT molecular complexity index is 567. The van der Waals surface area contributed by atoms with E-state index in [1.165, 1.54) is 12.8 Å². The molecule has 0 radical (unpaired) electrons. The van der Waals surface area contributed by atoms with Crippen molar-refractivity contribution in [2.24, 2.45) is 0 Å². The number of nitrogens with zero attached hydrogens (tertiary/aromatic N) is 2. The van der Waals surface area contributed by atoms with Crippen molar-refractivity contribution in [3.63, 3.8) is 0 Å². The number of fused-ring (bicyclic) bond motifs is 1. The van der Waals surface area contributed by atoms with Crippen molar-refractivity contribution in [1.82, 2.24) is 4.98 Å². The zero-order valence-corrected chi connectivity index (χ0v) is 11.7. The van der Waals surface area contributed by atoms with Crippen LogP contribution in [0.1, 0.15) is 25.7 Å². The molecular formula is C14H19N3OS. The molecule has 0 saturated carbocycles. The van der Waals surface area contributed by atoms with Crippen LogP contribution in [0, 0.1) is 0 Å². The summed E-state index contributed by atoms with van der Waals surface area (Å²) < 4.78 is 1.14. The van der Waals surface area contributed by atoms with Crippen molar-refractivity contribution in [3.05, 3.63) is 18.2 Å². The van der Waals surface area contributed by atoms with Crippen molar-refractivity contribution < 1.29 is 5.11 Å². The van der Waals surface area contributed by atoms with Crippen molar-refractivity contribution >= 4 is 32.4 Å². The van der Waals surface area contributed by atoms with Crippen LogP contribution in [0.2, 0.25) is 0 Å². The first-order valence-electron chi connectivity index (χ1n) is 6.81. The standard InChI is InChI=1S/C14H19N3OS/c15-10-4-5-12-13(9-10)19-14(16-12)17-7-2-1-3-11(17)6-8-18/h4-5,9,11,18H,1-3,6-8,15H2. The molecular weight excluding hydrogens is 258 g/mol. The summed E-state index contributed by atoms with van der Waals surface area (Å²) in [7, 11) is 0. The number of nitrogen functional groups attached to an aromatic ring is 1. The maximum absolute atomic E-state index is 9.20. The van der Waals surface area contributed by atoms with Gasteiger partial charge in [-0.1, -0.05) is 11.3 Å². The number of aromatic nitrogens is 1. The van der Waals surface area contributed by atoms with Crippen molar-refractivity contribution in [3.8, 4) is 0 Å². The third kappa shape index (κ3) is 2.53. The van der Waals surface area contributed by atoms with Crippen LogP contribution in [-0.4, -0.2) is 29.3 Å². The minimum absolute atomic E-state index is 0.249. The monoisotopic (exact) mass is 277 g/mol. The molecule has 1 atom stereocenters. The first kappa shape index (κ1) is 12.7. The Kier molecular flexibility index (Phi) is 3.57. The highest BCUT2D eigenvalue weighted by atomic mass is 32.1. The first-order chi connectivity index (χ1) is 9.28. The summed E-state index contributed by atoms with van der Waals surface area (Å²) >= 11 is 1.70. The topological polar surface area (TPSA) is 62.4 Å². The third-order valence-corrected chi connectivity index (χ3v) is 4.79. The number of hydrogen-bond acceptors (Lipinski definition) is 5. The number of benzene rings is 1. The predicted octanol–water partition coefficient (Wildman–Crippen LogP) is 2.62. The normalized spacial score (nSPS) is 20.1. The largest absolute Gasteiger partial charge is 0.399 e. The van der Waals surface area contributed by atoms with Gasteiger partial charge in [0.15, 0.2) is 5.13 Å². The van der Waals surface area contributed by atoms with Crippen molar-refractivity contribution in [2.75, 3.05) is 23.8 Å². The summed E-state index contributed by atoms with van der Waals surface area (Å²) in [6.07, 6.45) is 4.44. The highest BCUT2D eigenvalue weighted by Crippen LogP contribution is 2.34. The van der Waals surface area contributed by atoms with Crippen LogP contribution < -0.4 is 10.6 Å². The molecule has 1 aliphatic rings. The molecule has 0 bridgehead atoms. The Hall–Kier alpha value is -1.33. The molecule has 3 N–H and O–H groups in total. The van der Waals surface area contributed by atoms with E-state index in [0.29, 0.717) is 6.04 Å². The molecule has 102 valence electrons. The fourth-order valence-electron chi connectivity index (χ4n) is 2.75. The lowest BCUT2D eigenvalue weighted by atomic mass is 10.0. The first-order valence-corrected chi connectivity index (χ1v) is 7.63. The van der Waals surface area contributed by atoms with Crippen LogP contribution in [0.4, 0.5) is 10.8 Å². The minimum atomic E-state index is 0.249. The van der Waals surface area contributed by atoms with E-state index >= 15 is 0 Å². The van der Waals surface area contributed by atoms with Gasteiger partial charge in [0, 0.05) is 24.9 Å². The predicted molar refractivity (Wildman–Crippen MR) is 80.7 cm³/mol. The van der Waals surface area contributed by atoms with Gasteiger partial charge in [-0.2, -0.15) is 0 Å². The number of rotatable bonds is 3. The molecule has 1 fully saturated rings. The van der Waals surface area contributed by atoms with Gasteiger partial charge in [-0.05, 0) is 43.9 Å². The minimum Gasteiger partial charge on any atom is -0.399 e. The summed E-state index contributed by atoms with van der Waals surface area (Å²) in [5.41, 5.74) is 7.62. The molecule has 0 amide bonds. The van der Waals surface area contributed by atoms with Gasteiger partial charge in [0.2, 0.25) is 0 Å². The maximum atomic E-state index is 9.20. The number of aliphatic hydroxyl groups excluding tert-OH is 1. The van der Waals surface area contributed by atoms with Gasteiger partial charge in [0.25, 0.3) is 0 Å². The molecule has 3 rings (SSSR count). The molecule has 1 saturated heterocycles. The number of nitrogens with two attached hydrogens (primary N) is 1.